The molecule has 1 N–H and O–H groups in total. The number of hydrogen-bond acceptors (Lipinski definition) is 1. The van der Waals surface area contributed by atoms with E-state index >= 15 is 0 Å². The summed E-state index contributed by atoms with van der Waals surface area (Å²) in [6.45, 7) is 4.18. The molecule has 0 aliphatic rings. The predicted molar refractivity (Wildman–Crippen MR) is 55.7 cm³/mol. The van der Waals surface area contributed by atoms with Crippen LogP contribution in [0, 0.1) is 18.7 Å². The second kappa shape index (κ2) is 5.11. The van der Waals surface area contributed by atoms with Gasteiger partial charge in [0, 0.05) is 6.61 Å². The minimum Gasteiger partial charge on any atom is -0.396 e. The van der Waals surface area contributed by atoms with Crippen molar-refractivity contribution in [2.24, 2.45) is 5.92 Å². The standard InChI is InChI=1S/C12H17FO/c1-9(8-14)3-5-11-7-12(13)6-4-10(11)2/h4,6-7,9,14H,3,5,8H2,1-2H3. The Kier molecular flexibility index (Phi) is 4.08. The van der Waals surface area contributed by atoms with E-state index in [2.05, 4.69) is 0 Å². The molecule has 0 spiro atoms. The number of aryl methyl sites for hydroxylation is 2. The van der Waals surface area contributed by atoms with E-state index in [9.17, 15) is 4.39 Å². The summed E-state index contributed by atoms with van der Waals surface area (Å²) in [5, 5.41) is 8.86. The van der Waals surface area contributed by atoms with Crippen LogP contribution in [0.5, 0.6) is 0 Å². The fourth-order valence-corrected chi connectivity index (χ4v) is 1.40. The van der Waals surface area contributed by atoms with Crippen LogP contribution in [-0.2, 0) is 6.42 Å². The van der Waals surface area contributed by atoms with E-state index in [0.29, 0.717) is 0 Å². The first-order valence-corrected chi connectivity index (χ1v) is 4.99. The van der Waals surface area contributed by atoms with Gasteiger partial charge in [-0.2, -0.15) is 0 Å². The van der Waals surface area contributed by atoms with Crippen LogP contribution in [0.2, 0.25) is 0 Å². The first-order chi connectivity index (χ1) is 6.63. The average Bonchev–Trinajstić information content (AvgIpc) is 2.19. The molecule has 0 radical (unpaired) electrons. The Morgan fingerprint density at radius 1 is 1.43 bits per heavy atom. The molecule has 1 aromatic rings. The third kappa shape index (κ3) is 3.11. The van der Waals surface area contributed by atoms with Crippen molar-refractivity contribution < 1.29 is 9.50 Å². The minimum absolute atomic E-state index is 0.178. The van der Waals surface area contributed by atoms with E-state index in [4.69, 9.17) is 5.11 Å². The zero-order chi connectivity index (χ0) is 10.6. The Morgan fingerprint density at radius 2 is 2.14 bits per heavy atom. The molecule has 0 heterocycles. The van der Waals surface area contributed by atoms with Crippen molar-refractivity contribution >= 4 is 0 Å². The van der Waals surface area contributed by atoms with Crippen molar-refractivity contribution in [3.63, 3.8) is 0 Å². The number of aliphatic hydroxyl groups excluding tert-OH is 1. The van der Waals surface area contributed by atoms with Crippen LogP contribution >= 0.6 is 0 Å². The number of hydrogen-bond donors (Lipinski definition) is 1. The summed E-state index contributed by atoms with van der Waals surface area (Å²) in [7, 11) is 0. The fraction of sp³-hybridized carbons (Fsp3) is 0.500. The molecule has 1 nitrogen and oxygen atoms in total. The first kappa shape index (κ1) is 11.2. The lowest BCUT2D eigenvalue weighted by molar-refractivity contribution is 0.230. The van der Waals surface area contributed by atoms with E-state index in [0.717, 1.165) is 24.0 Å². The molecule has 1 atom stereocenters. The zero-order valence-corrected chi connectivity index (χ0v) is 8.76. The van der Waals surface area contributed by atoms with Crippen LogP contribution in [-0.4, -0.2) is 11.7 Å². The fourth-order valence-electron chi connectivity index (χ4n) is 1.40. The molecule has 0 aliphatic carbocycles. The zero-order valence-electron chi connectivity index (χ0n) is 8.76. The smallest absolute Gasteiger partial charge is 0.123 e. The van der Waals surface area contributed by atoms with Crippen molar-refractivity contribution in [2.45, 2.75) is 26.7 Å². The number of halogens is 1. The molecule has 78 valence electrons. The molecule has 0 aliphatic heterocycles. The highest BCUT2D eigenvalue weighted by molar-refractivity contribution is 5.26. The maximum absolute atomic E-state index is 12.9. The molecule has 1 aromatic carbocycles. The van der Waals surface area contributed by atoms with Gasteiger partial charge in [-0.15, -0.1) is 0 Å². The molecule has 0 bridgehead atoms. The predicted octanol–water partition coefficient (Wildman–Crippen LogP) is 2.70. The van der Waals surface area contributed by atoms with Gasteiger partial charge in [0.2, 0.25) is 0 Å². The highest BCUT2D eigenvalue weighted by Crippen LogP contribution is 2.14. The van der Waals surface area contributed by atoms with Crippen LogP contribution in [0.15, 0.2) is 18.2 Å². The Labute approximate surface area is 84.6 Å². The largest absolute Gasteiger partial charge is 0.396 e. The molecule has 2 heteroatoms. The van der Waals surface area contributed by atoms with Gasteiger partial charge in [0.1, 0.15) is 5.82 Å². The SMILES string of the molecule is Cc1ccc(F)cc1CCC(C)CO. The molecule has 0 saturated carbocycles. The molecular weight excluding hydrogens is 179 g/mol. The van der Waals surface area contributed by atoms with E-state index in [-0.39, 0.29) is 18.3 Å². The summed E-state index contributed by atoms with van der Waals surface area (Å²) in [6.07, 6.45) is 1.74. The normalized spacial score (nSPS) is 12.9. The van der Waals surface area contributed by atoms with Crippen molar-refractivity contribution in [1.29, 1.82) is 0 Å². The minimum atomic E-state index is -0.178. The van der Waals surface area contributed by atoms with Gasteiger partial charge in [0.25, 0.3) is 0 Å². The summed E-state index contributed by atoms with van der Waals surface area (Å²) in [5.74, 6) is 0.111. The second-order valence-corrected chi connectivity index (χ2v) is 3.90. The van der Waals surface area contributed by atoms with Gasteiger partial charge in [-0.3, -0.25) is 0 Å². The van der Waals surface area contributed by atoms with Crippen LogP contribution in [0.25, 0.3) is 0 Å². The van der Waals surface area contributed by atoms with Gasteiger partial charge in [-0.25, -0.2) is 4.39 Å². The van der Waals surface area contributed by atoms with E-state index in [1.807, 2.05) is 13.8 Å². The Morgan fingerprint density at radius 3 is 2.79 bits per heavy atom. The van der Waals surface area contributed by atoms with Gasteiger partial charge < -0.3 is 5.11 Å². The van der Waals surface area contributed by atoms with Gasteiger partial charge in [-0.05, 0) is 48.9 Å². The maximum Gasteiger partial charge on any atom is 0.123 e. The second-order valence-electron chi connectivity index (χ2n) is 3.90. The summed E-state index contributed by atoms with van der Waals surface area (Å²) in [6, 6.07) is 4.86. The van der Waals surface area contributed by atoms with Crippen LogP contribution in [0.3, 0.4) is 0 Å². The van der Waals surface area contributed by atoms with Crippen molar-refractivity contribution in [3.05, 3.63) is 35.1 Å². The summed E-state index contributed by atoms with van der Waals surface area (Å²) < 4.78 is 12.9. The molecule has 1 unspecified atom stereocenters. The van der Waals surface area contributed by atoms with Gasteiger partial charge in [0.05, 0.1) is 0 Å². The quantitative estimate of drug-likeness (QED) is 0.785. The first-order valence-electron chi connectivity index (χ1n) is 4.99. The Balaban J connectivity index is 2.62. The number of rotatable bonds is 4. The molecule has 0 aromatic heterocycles. The topological polar surface area (TPSA) is 20.2 Å². The molecule has 14 heavy (non-hydrogen) atoms. The molecule has 0 amide bonds. The third-order valence-corrected chi connectivity index (χ3v) is 2.53. The lowest BCUT2D eigenvalue weighted by Crippen LogP contribution is -2.03. The van der Waals surface area contributed by atoms with E-state index in [1.54, 1.807) is 12.1 Å². The molecule has 0 fully saturated rings. The lowest BCUT2D eigenvalue weighted by atomic mass is 9.98. The summed E-state index contributed by atoms with van der Waals surface area (Å²) in [5.41, 5.74) is 2.17. The maximum atomic E-state index is 12.9. The van der Waals surface area contributed by atoms with Crippen molar-refractivity contribution in [2.75, 3.05) is 6.61 Å². The highest BCUT2D eigenvalue weighted by atomic mass is 19.1. The van der Waals surface area contributed by atoms with E-state index in [1.165, 1.54) is 6.07 Å². The van der Waals surface area contributed by atoms with Crippen LogP contribution < -0.4 is 0 Å². The average molecular weight is 196 g/mol. The number of benzene rings is 1. The summed E-state index contributed by atoms with van der Waals surface area (Å²) in [4.78, 5) is 0. The van der Waals surface area contributed by atoms with Gasteiger partial charge >= 0.3 is 0 Å². The third-order valence-electron chi connectivity index (χ3n) is 2.53. The molecule has 0 saturated heterocycles. The molecular formula is C12H17FO. The van der Waals surface area contributed by atoms with Crippen LogP contribution in [0.4, 0.5) is 4.39 Å². The highest BCUT2D eigenvalue weighted by Gasteiger charge is 2.04. The summed E-state index contributed by atoms with van der Waals surface area (Å²) >= 11 is 0. The van der Waals surface area contributed by atoms with E-state index < -0.39 is 0 Å². The lowest BCUT2D eigenvalue weighted by Gasteiger charge is -2.09. The van der Waals surface area contributed by atoms with Crippen molar-refractivity contribution in [1.82, 2.24) is 0 Å². The number of aliphatic hydroxyl groups is 1. The van der Waals surface area contributed by atoms with Crippen LogP contribution in [0.1, 0.15) is 24.5 Å². The monoisotopic (exact) mass is 196 g/mol. The van der Waals surface area contributed by atoms with Gasteiger partial charge in [0.15, 0.2) is 0 Å². The van der Waals surface area contributed by atoms with Crippen molar-refractivity contribution in [3.8, 4) is 0 Å². The van der Waals surface area contributed by atoms with Gasteiger partial charge in [-0.1, -0.05) is 13.0 Å². The molecule has 1 rings (SSSR count). The Hall–Kier alpha value is -0.890. The Bertz CT molecular complexity index is 296.